The zero-order valence-electron chi connectivity index (χ0n) is 28.1. The third kappa shape index (κ3) is 6.63. The van der Waals surface area contributed by atoms with Crippen LogP contribution in [0, 0.1) is 18.2 Å². The monoisotopic (exact) mass is 690 g/mol. The molecule has 3 atom stereocenters. The summed E-state index contributed by atoms with van der Waals surface area (Å²) in [5.41, 5.74) is -0.408. The number of hydrogen-bond acceptors (Lipinski definition) is 10. The maximum atomic E-state index is 14.9. The molecule has 3 aromatic rings. The first-order valence-corrected chi connectivity index (χ1v) is 16.5. The van der Waals surface area contributed by atoms with Crippen molar-refractivity contribution in [2.45, 2.75) is 56.9 Å². The second-order valence-electron chi connectivity index (χ2n) is 13.2. The molecule has 4 heterocycles. The lowest BCUT2D eigenvalue weighted by atomic mass is 9.99. The van der Waals surface area contributed by atoms with Crippen LogP contribution in [0.15, 0.2) is 36.9 Å². The Morgan fingerprint density at radius 3 is 2.88 bits per heavy atom. The average molecular weight is 691 g/mol. The fourth-order valence-electron chi connectivity index (χ4n) is 7.25. The lowest BCUT2D eigenvalue weighted by Gasteiger charge is -2.35. The Bertz CT molecular complexity index is 1870. The largest absolute Gasteiger partial charge is 0.508 e. The number of aliphatic hydroxyl groups excluding tert-OH is 1. The van der Waals surface area contributed by atoms with Crippen LogP contribution in [0.1, 0.15) is 43.9 Å². The molecule has 6 rings (SSSR count). The molecule has 0 saturated carbocycles. The van der Waals surface area contributed by atoms with Crippen molar-refractivity contribution in [1.29, 1.82) is 0 Å². The Kier molecular flexibility index (Phi) is 9.82. The van der Waals surface area contributed by atoms with Gasteiger partial charge in [-0.15, -0.1) is 6.42 Å². The van der Waals surface area contributed by atoms with Crippen LogP contribution in [0.25, 0.3) is 10.8 Å². The highest BCUT2D eigenvalue weighted by Gasteiger charge is 2.43. The zero-order chi connectivity index (χ0) is 35.7. The van der Waals surface area contributed by atoms with Gasteiger partial charge in [0.2, 0.25) is 5.91 Å². The molecule has 0 spiro atoms. The number of carbonyl (C=O) groups is 2. The number of rotatable bonds is 11. The van der Waals surface area contributed by atoms with Crippen molar-refractivity contribution in [3.63, 3.8) is 0 Å². The molecular weight excluding hydrogens is 650 g/mol. The van der Waals surface area contributed by atoms with Crippen LogP contribution in [0.2, 0.25) is 0 Å². The first kappa shape index (κ1) is 34.8. The number of aromatic hydroxyl groups is 1. The summed E-state index contributed by atoms with van der Waals surface area (Å²) in [5.74, 6) is 1.65. The summed E-state index contributed by atoms with van der Waals surface area (Å²) in [6, 6.07) is 5.17. The molecule has 1 aromatic heterocycles. The number of carbonyl (C=O) groups excluding carboxylic acids is 2. The molecule has 2 fully saturated rings. The van der Waals surface area contributed by atoms with Gasteiger partial charge in [0.1, 0.15) is 30.0 Å². The SMILES string of the molecule is C#Cc1c(F)ccc2cc(O)cc(N3Cc4nc(OC[C@]5(C)C[C@@H](F)CN5CCCO)nc(N(C)C[C@@H]5CCCN5C(=O)C=C)c4OC3=O)c12. The third-order valence-electron chi connectivity index (χ3n) is 9.70. The predicted octanol–water partition coefficient (Wildman–Crippen LogP) is 4.15. The molecule has 2 N–H and O–H groups in total. The fraction of sp³-hybridized carbons (Fsp3) is 0.444. The number of phenols is 1. The molecule has 14 heteroatoms. The van der Waals surface area contributed by atoms with Crippen LogP contribution in [0.3, 0.4) is 0 Å². The summed E-state index contributed by atoms with van der Waals surface area (Å²) < 4.78 is 41.6. The van der Waals surface area contributed by atoms with Crippen molar-refractivity contribution in [1.82, 2.24) is 19.8 Å². The van der Waals surface area contributed by atoms with E-state index in [-0.39, 0.29) is 90.3 Å². The normalized spacial score (nSPS) is 22.0. The van der Waals surface area contributed by atoms with Gasteiger partial charge in [0, 0.05) is 63.7 Å². The number of likely N-dealkylation sites (tertiary alicyclic amines) is 2. The molecule has 2 aromatic carbocycles. The van der Waals surface area contributed by atoms with E-state index in [1.165, 1.54) is 35.2 Å². The summed E-state index contributed by atoms with van der Waals surface area (Å²) in [6.45, 7) is 6.98. The molecule has 0 bridgehead atoms. The van der Waals surface area contributed by atoms with Gasteiger partial charge >= 0.3 is 12.1 Å². The molecule has 0 radical (unpaired) electrons. The van der Waals surface area contributed by atoms with Crippen LogP contribution in [0.4, 0.5) is 25.1 Å². The quantitative estimate of drug-likeness (QED) is 0.224. The first-order chi connectivity index (χ1) is 24.0. The number of amides is 2. The van der Waals surface area contributed by atoms with Crippen LogP contribution in [-0.4, -0.2) is 106 Å². The Labute approximate surface area is 288 Å². The predicted molar refractivity (Wildman–Crippen MR) is 183 cm³/mol. The van der Waals surface area contributed by atoms with E-state index >= 15 is 0 Å². The second-order valence-corrected chi connectivity index (χ2v) is 13.2. The number of alkyl halides is 1. The van der Waals surface area contributed by atoms with Gasteiger partial charge in [-0.2, -0.15) is 9.97 Å². The van der Waals surface area contributed by atoms with Gasteiger partial charge in [-0.1, -0.05) is 18.6 Å². The number of phenolic OH excluding ortho intramolecular Hbond substituents is 1. The Morgan fingerprint density at radius 1 is 1.34 bits per heavy atom. The van der Waals surface area contributed by atoms with Crippen molar-refractivity contribution < 1.29 is 38.1 Å². The van der Waals surface area contributed by atoms with E-state index in [1.54, 1.807) is 16.8 Å². The van der Waals surface area contributed by atoms with E-state index in [0.717, 1.165) is 12.8 Å². The Morgan fingerprint density at radius 2 is 2.14 bits per heavy atom. The van der Waals surface area contributed by atoms with Gasteiger partial charge in [-0.25, -0.2) is 13.6 Å². The second kappa shape index (κ2) is 14.1. The molecule has 2 saturated heterocycles. The van der Waals surface area contributed by atoms with Crippen molar-refractivity contribution in [2.75, 3.05) is 56.2 Å². The number of aromatic nitrogens is 2. The number of anilines is 2. The van der Waals surface area contributed by atoms with E-state index in [1.807, 2.05) is 11.8 Å². The van der Waals surface area contributed by atoms with E-state index in [9.17, 15) is 28.6 Å². The molecule has 50 heavy (non-hydrogen) atoms. The van der Waals surface area contributed by atoms with Gasteiger partial charge in [0.15, 0.2) is 11.6 Å². The van der Waals surface area contributed by atoms with Gasteiger partial charge < -0.3 is 29.5 Å². The number of aliphatic hydroxyl groups is 1. The summed E-state index contributed by atoms with van der Waals surface area (Å²) in [4.78, 5) is 42.2. The third-order valence-corrected chi connectivity index (χ3v) is 9.70. The standard InChI is InChI=1S/C36H40F2N6O6/c1-5-26-27(38)11-10-22-15-25(46)16-29(31(22)26)44-20-28-32(50-35(44)48)33(41(4)19-24-9-7-13-43(24)30(47)6-2)40-34(39-28)49-21-36(3)17-23(37)18-42(36)12-8-14-45/h1,6,10-11,15-16,23-24,45-46H,2,7-9,12-14,17-21H2,3-4H3/t23-,24+,36+/m1/s1. The smallest absolute Gasteiger partial charge is 0.420 e. The van der Waals surface area contributed by atoms with Gasteiger partial charge in [-0.3, -0.25) is 14.6 Å². The number of hydrogen-bond donors (Lipinski definition) is 2. The number of benzene rings is 2. The maximum Gasteiger partial charge on any atom is 0.420 e. The van der Waals surface area contributed by atoms with Crippen molar-refractivity contribution in [3.8, 4) is 29.9 Å². The summed E-state index contributed by atoms with van der Waals surface area (Å²) >= 11 is 0. The molecule has 264 valence electrons. The van der Waals surface area contributed by atoms with Crippen molar-refractivity contribution in [2.24, 2.45) is 0 Å². The molecular formula is C36H40F2N6O6. The lowest BCUT2D eigenvalue weighted by molar-refractivity contribution is -0.126. The minimum absolute atomic E-state index is 0.0238. The zero-order valence-corrected chi connectivity index (χ0v) is 28.1. The summed E-state index contributed by atoms with van der Waals surface area (Å²) in [5, 5.41) is 20.6. The highest BCUT2D eigenvalue weighted by molar-refractivity contribution is 6.06. The van der Waals surface area contributed by atoms with Crippen LogP contribution < -0.4 is 19.3 Å². The van der Waals surface area contributed by atoms with E-state index in [4.69, 9.17) is 15.9 Å². The fourth-order valence-corrected chi connectivity index (χ4v) is 7.25. The molecule has 2 amide bonds. The Hall–Kier alpha value is -5.00. The minimum atomic E-state index is -1.07. The lowest BCUT2D eigenvalue weighted by Crippen LogP contribution is -2.46. The van der Waals surface area contributed by atoms with Crippen LogP contribution in [0.5, 0.6) is 17.5 Å². The molecule has 3 aliphatic heterocycles. The van der Waals surface area contributed by atoms with E-state index in [2.05, 4.69) is 22.5 Å². The highest BCUT2D eigenvalue weighted by atomic mass is 19.1. The molecule has 12 nitrogen and oxygen atoms in total. The number of ether oxygens (including phenoxy) is 2. The summed E-state index contributed by atoms with van der Waals surface area (Å²) in [6.07, 6.45) is 7.33. The summed E-state index contributed by atoms with van der Waals surface area (Å²) in [7, 11) is 1.76. The first-order valence-electron chi connectivity index (χ1n) is 16.5. The molecule has 0 aliphatic carbocycles. The number of fused-ring (bicyclic) bond motifs is 2. The number of terminal acetylenes is 1. The van der Waals surface area contributed by atoms with Crippen LogP contribution in [-0.2, 0) is 11.3 Å². The number of likely N-dealkylation sites (N-methyl/N-ethyl adjacent to an activating group) is 1. The van der Waals surface area contributed by atoms with Crippen molar-refractivity contribution in [3.05, 3.63) is 54.0 Å². The number of halogens is 2. The van der Waals surface area contributed by atoms with Gasteiger partial charge in [-0.05, 0) is 49.8 Å². The topological polar surface area (TPSA) is 132 Å². The Balaban J connectivity index is 1.38. The van der Waals surface area contributed by atoms with E-state index < -0.39 is 23.6 Å². The van der Waals surface area contributed by atoms with Crippen LogP contribution >= 0.6 is 0 Å². The highest BCUT2D eigenvalue weighted by Crippen LogP contribution is 2.41. The maximum absolute atomic E-state index is 14.9. The minimum Gasteiger partial charge on any atom is -0.508 e. The van der Waals surface area contributed by atoms with Gasteiger partial charge in [0.25, 0.3) is 0 Å². The van der Waals surface area contributed by atoms with Crippen molar-refractivity contribution >= 4 is 34.3 Å². The molecule has 3 aliphatic rings. The molecule has 0 unspecified atom stereocenters. The number of nitrogens with zero attached hydrogens (tertiary/aromatic N) is 6. The van der Waals surface area contributed by atoms with Gasteiger partial charge in [0.05, 0.1) is 23.3 Å². The van der Waals surface area contributed by atoms with E-state index in [0.29, 0.717) is 31.4 Å². The average Bonchev–Trinajstić information content (AvgIpc) is 3.67.